The maximum absolute atomic E-state index is 12.8. The van der Waals surface area contributed by atoms with E-state index >= 15 is 0 Å². The smallest absolute Gasteiger partial charge is 0.243 e. The van der Waals surface area contributed by atoms with Gasteiger partial charge in [0.15, 0.2) is 0 Å². The summed E-state index contributed by atoms with van der Waals surface area (Å²) in [4.78, 5) is 14.8. The molecule has 5 nitrogen and oxygen atoms in total. The minimum absolute atomic E-state index is 0.116. The standard InChI is InChI=1S/C17H23ClN2O3S/c18-15-6-8-16(9-7-15)24(22,23)20-12-4-5-14(13-20)17(21)19-10-2-1-3-11-19/h6-9,14H,1-5,10-13H2/t14-/m0/s1. The van der Waals surface area contributed by atoms with Crippen LogP contribution in [0.15, 0.2) is 29.2 Å². The third-order valence-electron chi connectivity index (χ3n) is 4.85. The summed E-state index contributed by atoms with van der Waals surface area (Å²) in [5.74, 6) is -0.107. The zero-order valence-electron chi connectivity index (χ0n) is 13.7. The van der Waals surface area contributed by atoms with E-state index in [4.69, 9.17) is 11.6 Å². The van der Waals surface area contributed by atoms with Gasteiger partial charge in [0.05, 0.1) is 10.8 Å². The summed E-state index contributed by atoms with van der Waals surface area (Å²) in [6.07, 6.45) is 4.75. The van der Waals surface area contributed by atoms with Crippen LogP contribution in [0, 0.1) is 5.92 Å². The highest BCUT2D eigenvalue weighted by atomic mass is 35.5. The number of carbonyl (C=O) groups excluding carboxylic acids is 1. The molecule has 2 aliphatic heterocycles. The fraction of sp³-hybridized carbons (Fsp3) is 0.588. The van der Waals surface area contributed by atoms with E-state index in [0.717, 1.165) is 38.8 Å². The molecule has 1 aromatic carbocycles. The lowest BCUT2D eigenvalue weighted by molar-refractivity contribution is -0.137. The number of sulfonamides is 1. The van der Waals surface area contributed by atoms with Crippen LogP contribution in [0.25, 0.3) is 0 Å². The SMILES string of the molecule is O=C([C@H]1CCCN(S(=O)(=O)c2ccc(Cl)cc2)C1)N1CCCCC1. The van der Waals surface area contributed by atoms with Gasteiger partial charge in [-0.3, -0.25) is 4.79 Å². The van der Waals surface area contributed by atoms with Crippen LogP contribution >= 0.6 is 11.6 Å². The van der Waals surface area contributed by atoms with Crippen LogP contribution in [-0.2, 0) is 14.8 Å². The molecule has 0 saturated carbocycles. The van der Waals surface area contributed by atoms with E-state index in [0.29, 0.717) is 11.6 Å². The maximum Gasteiger partial charge on any atom is 0.243 e. The number of carbonyl (C=O) groups is 1. The molecule has 0 radical (unpaired) electrons. The van der Waals surface area contributed by atoms with Gasteiger partial charge in [-0.2, -0.15) is 4.31 Å². The highest BCUT2D eigenvalue weighted by molar-refractivity contribution is 7.89. The molecule has 0 bridgehead atoms. The van der Waals surface area contributed by atoms with Crippen LogP contribution in [-0.4, -0.2) is 49.7 Å². The Kier molecular flexibility index (Phi) is 5.47. The van der Waals surface area contributed by atoms with Gasteiger partial charge in [0.2, 0.25) is 15.9 Å². The average Bonchev–Trinajstić information content (AvgIpc) is 2.62. The second kappa shape index (κ2) is 7.42. The number of benzene rings is 1. The van der Waals surface area contributed by atoms with Crippen LogP contribution in [0.4, 0.5) is 0 Å². The van der Waals surface area contributed by atoms with Gasteiger partial charge < -0.3 is 4.90 Å². The first-order chi connectivity index (χ1) is 11.5. The van der Waals surface area contributed by atoms with Crippen LogP contribution in [0.5, 0.6) is 0 Å². The van der Waals surface area contributed by atoms with Gasteiger partial charge in [-0.1, -0.05) is 11.6 Å². The summed E-state index contributed by atoms with van der Waals surface area (Å²) in [5, 5.41) is 0.505. The molecule has 0 aromatic heterocycles. The van der Waals surface area contributed by atoms with Gasteiger partial charge in [0.1, 0.15) is 0 Å². The lowest BCUT2D eigenvalue weighted by atomic mass is 9.97. The lowest BCUT2D eigenvalue weighted by Crippen LogP contribution is -2.47. The summed E-state index contributed by atoms with van der Waals surface area (Å²) >= 11 is 5.84. The van der Waals surface area contributed by atoms with Crippen molar-refractivity contribution in [2.24, 2.45) is 5.92 Å². The summed E-state index contributed by atoms with van der Waals surface area (Å²) in [7, 11) is -3.57. The number of nitrogens with zero attached hydrogens (tertiary/aromatic N) is 2. The molecular weight excluding hydrogens is 348 g/mol. The van der Waals surface area contributed by atoms with E-state index in [1.165, 1.54) is 22.9 Å². The Morgan fingerprint density at radius 3 is 2.33 bits per heavy atom. The molecule has 1 aromatic rings. The van der Waals surface area contributed by atoms with Crippen molar-refractivity contribution in [3.05, 3.63) is 29.3 Å². The van der Waals surface area contributed by atoms with Gasteiger partial charge in [0.25, 0.3) is 0 Å². The molecule has 0 aliphatic carbocycles. The molecule has 7 heteroatoms. The fourth-order valence-corrected chi connectivity index (χ4v) is 5.14. The second-order valence-corrected chi connectivity index (χ2v) is 8.92. The molecule has 132 valence electrons. The average molecular weight is 371 g/mol. The molecule has 0 spiro atoms. The molecule has 1 amide bonds. The third-order valence-corrected chi connectivity index (χ3v) is 6.98. The molecule has 0 N–H and O–H groups in total. The second-order valence-electron chi connectivity index (χ2n) is 6.54. The third kappa shape index (κ3) is 3.76. The first kappa shape index (κ1) is 17.7. The zero-order chi connectivity index (χ0) is 17.2. The highest BCUT2D eigenvalue weighted by Crippen LogP contribution is 2.26. The normalized spacial score (nSPS) is 23.2. The Balaban J connectivity index is 1.72. The molecule has 24 heavy (non-hydrogen) atoms. The monoisotopic (exact) mass is 370 g/mol. The molecule has 2 heterocycles. The minimum Gasteiger partial charge on any atom is -0.342 e. The molecule has 0 unspecified atom stereocenters. The largest absolute Gasteiger partial charge is 0.342 e. The Morgan fingerprint density at radius 2 is 1.67 bits per heavy atom. The van der Waals surface area contributed by atoms with E-state index in [1.54, 1.807) is 12.1 Å². The van der Waals surface area contributed by atoms with Crippen molar-refractivity contribution >= 4 is 27.5 Å². The van der Waals surface area contributed by atoms with E-state index in [9.17, 15) is 13.2 Å². The van der Waals surface area contributed by atoms with Crippen LogP contribution in [0.1, 0.15) is 32.1 Å². The van der Waals surface area contributed by atoms with Crippen LogP contribution < -0.4 is 0 Å². The van der Waals surface area contributed by atoms with Gasteiger partial charge in [-0.15, -0.1) is 0 Å². The highest BCUT2D eigenvalue weighted by Gasteiger charge is 2.35. The van der Waals surface area contributed by atoms with E-state index in [1.807, 2.05) is 4.90 Å². The number of likely N-dealkylation sites (tertiary alicyclic amines) is 1. The Labute approximate surface area is 148 Å². The van der Waals surface area contributed by atoms with E-state index in [2.05, 4.69) is 0 Å². The first-order valence-electron chi connectivity index (χ1n) is 8.53. The molecule has 2 aliphatic rings. The summed E-state index contributed by atoms with van der Waals surface area (Å²) in [5.41, 5.74) is 0. The molecule has 2 fully saturated rings. The molecule has 2 saturated heterocycles. The summed E-state index contributed by atoms with van der Waals surface area (Å²) in [6, 6.07) is 6.20. The molecule has 3 rings (SSSR count). The number of piperidine rings is 2. The quantitative estimate of drug-likeness (QED) is 0.822. The molecular formula is C17H23ClN2O3S. The van der Waals surface area contributed by atoms with Crippen molar-refractivity contribution < 1.29 is 13.2 Å². The lowest BCUT2D eigenvalue weighted by Gasteiger charge is -2.35. The number of halogens is 1. The van der Waals surface area contributed by atoms with Crippen molar-refractivity contribution in [3.8, 4) is 0 Å². The van der Waals surface area contributed by atoms with Gasteiger partial charge in [-0.25, -0.2) is 8.42 Å². The Bertz CT molecular complexity index is 684. The number of rotatable bonds is 3. The minimum atomic E-state index is -3.57. The van der Waals surface area contributed by atoms with Crippen LogP contribution in [0.3, 0.4) is 0 Å². The van der Waals surface area contributed by atoms with Crippen LogP contribution in [0.2, 0.25) is 5.02 Å². The van der Waals surface area contributed by atoms with Crippen molar-refractivity contribution in [1.82, 2.24) is 9.21 Å². The zero-order valence-corrected chi connectivity index (χ0v) is 15.2. The van der Waals surface area contributed by atoms with Crippen molar-refractivity contribution in [2.75, 3.05) is 26.2 Å². The Morgan fingerprint density at radius 1 is 1.00 bits per heavy atom. The van der Waals surface area contributed by atoms with Gasteiger partial charge in [0, 0.05) is 31.2 Å². The van der Waals surface area contributed by atoms with E-state index < -0.39 is 10.0 Å². The number of hydrogen-bond acceptors (Lipinski definition) is 3. The Hall–Kier alpha value is -1.11. The van der Waals surface area contributed by atoms with Gasteiger partial charge in [-0.05, 0) is 56.4 Å². The van der Waals surface area contributed by atoms with Crippen molar-refractivity contribution in [3.63, 3.8) is 0 Å². The van der Waals surface area contributed by atoms with Gasteiger partial charge >= 0.3 is 0 Å². The topological polar surface area (TPSA) is 57.7 Å². The predicted octanol–water partition coefficient (Wildman–Crippen LogP) is 2.75. The van der Waals surface area contributed by atoms with Crippen molar-refractivity contribution in [1.29, 1.82) is 0 Å². The first-order valence-corrected chi connectivity index (χ1v) is 10.3. The van der Waals surface area contributed by atoms with E-state index in [-0.39, 0.29) is 23.3 Å². The fourth-order valence-electron chi connectivity index (χ4n) is 3.49. The molecule has 1 atom stereocenters. The number of amides is 1. The maximum atomic E-state index is 12.8. The predicted molar refractivity (Wildman–Crippen MR) is 93.4 cm³/mol. The summed E-state index contributed by atoms with van der Waals surface area (Å²) in [6.45, 7) is 2.35. The number of hydrogen-bond donors (Lipinski definition) is 0. The summed E-state index contributed by atoms with van der Waals surface area (Å²) < 4.78 is 27.1. The van der Waals surface area contributed by atoms with Crippen molar-refractivity contribution in [2.45, 2.75) is 37.0 Å².